The first-order valence-electron chi connectivity index (χ1n) is 11.1. The van der Waals surface area contributed by atoms with Gasteiger partial charge in [0.2, 0.25) is 0 Å². The fourth-order valence-electron chi connectivity index (χ4n) is 5.37. The van der Waals surface area contributed by atoms with E-state index in [0.29, 0.717) is 19.0 Å². The summed E-state index contributed by atoms with van der Waals surface area (Å²) in [5.41, 5.74) is 4.07. The van der Waals surface area contributed by atoms with Crippen LogP contribution in [0.4, 0.5) is 16.3 Å². The van der Waals surface area contributed by atoms with Crippen molar-refractivity contribution in [3.63, 3.8) is 0 Å². The summed E-state index contributed by atoms with van der Waals surface area (Å²) in [6.07, 6.45) is 4.43. The smallest absolute Gasteiger partial charge is 0.410 e. The molecule has 2 atom stereocenters. The van der Waals surface area contributed by atoms with E-state index in [1.54, 1.807) is 6.33 Å². The lowest BCUT2D eigenvalue weighted by atomic mass is 9.81. The van der Waals surface area contributed by atoms with E-state index in [-0.39, 0.29) is 11.5 Å². The number of carbonyl (C=O) groups is 1. The minimum Gasteiger partial charge on any atom is -0.444 e. The molecule has 1 fully saturated rings. The molecule has 31 heavy (non-hydrogen) atoms. The van der Waals surface area contributed by atoms with Crippen molar-refractivity contribution >= 4 is 29.2 Å². The molecule has 0 saturated carbocycles. The van der Waals surface area contributed by atoms with E-state index in [1.165, 1.54) is 11.1 Å². The van der Waals surface area contributed by atoms with Crippen molar-refractivity contribution in [1.82, 2.24) is 14.9 Å². The number of amides is 1. The second-order valence-corrected chi connectivity index (χ2v) is 10.6. The van der Waals surface area contributed by atoms with Crippen LogP contribution in [-0.2, 0) is 16.6 Å². The molecule has 1 aromatic heterocycles. The maximum atomic E-state index is 12.8. The highest BCUT2D eigenvalue weighted by atomic mass is 35.5. The van der Waals surface area contributed by atoms with Crippen LogP contribution >= 0.6 is 11.6 Å². The van der Waals surface area contributed by atoms with Gasteiger partial charge in [0.15, 0.2) is 0 Å². The van der Waals surface area contributed by atoms with Gasteiger partial charge in [0.05, 0.1) is 0 Å². The van der Waals surface area contributed by atoms with E-state index < -0.39 is 5.60 Å². The highest BCUT2D eigenvalue weighted by molar-refractivity contribution is 6.30. The Morgan fingerprint density at radius 3 is 2.84 bits per heavy atom. The van der Waals surface area contributed by atoms with E-state index in [2.05, 4.69) is 28.9 Å². The molecule has 1 amide bonds. The van der Waals surface area contributed by atoms with Gasteiger partial charge in [-0.2, -0.15) is 0 Å². The molecule has 0 radical (unpaired) electrons. The average Bonchev–Trinajstić information content (AvgIpc) is 3.38. The number of fused-ring (bicyclic) bond motifs is 3. The van der Waals surface area contributed by atoms with Gasteiger partial charge >= 0.3 is 6.09 Å². The summed E-state index contributed by atoms with van der Waals surface area (Å²) in [7, 11) is 0. The maximum absolute atomic E-state index is 12.8. The standard InChI is InChI=1S/C24H29ClN4O2/c1-15-5-7-18-20(15)21(27-14-26-18)29-13-24(17-11-16(25)6-8-19(17)29)9-10-28(12-24)22(30)31-23(2,3)4/h6,8,11,14-15H,5,7,9-10,12-13H2,1-4H3/t15-,24?/m1/s1. The molecule has 2 aromatic rings. The minimum absolute atomic E-state index is 0.184. The van der Waals surface area contributed by atoms with Crippen LogP contribution in [0.5, 0.6) is 0 Å². The highest BCUT2D eigenvalue weighted by Crippen LogP contribution is 2.51. The number of aryl methyl sites for hydroxylation is 1. The highest BCUT2D eigenvalue weighted by Gasteiger charge is 2.50. The van der Waals surface area contributed by atoms with Crippen LogP contribution in [0.3, 0.4) is 0 Å². The third-order valence-electron chi connectivity index (χ3n) is 6.80. The first-order chi connectivity index (χ1) is 14.7. The van der Waals surface area contributed by atoms with Gasteiger partial charge in [-0.3, -0.25) is 0 Å². The Morgan fingerprint density at radius 2 is 2.06 bits per heavy atom. The van der Waals surface area contributed by atoms with Crippen molar-refractivity contribution in [1.29, 1.82) is 0 Å². The summed E-state index contributed by atoms with van der Waals surface area (Å²) in [5, 5.41) is 0.719. The lowest BCUT2D eigenvalue weighted by Gasteiger charge is -2.28. The predicted octanol–water partition coefficient (Wildman–Crippen LogP) is 5.21. The number of carbonyl (C=O) groups excluding carboxylic acids is 1. The van der Waals surface area contributed by atoms with Crippen molar-refractivity contribution in [2.45, 2.75) is 63.9 Å². The fourth-order valence-corrected chi connectivity index (χ4v) is 5.54. The van der Waals surface area contributed by atoms with E-state index in [9.17, 15) is 4.79 Å². The molecule has 5 rings (SSSR count). The predicted molar refractivity (Wildman–Crippen MR) is 121 cm³/mol. The van der Waals surface area contributed by atoms with E-state index >= 15 is 0 Å². The number of aromatic nitrogens is 2. The zero-order valence-corrected chi connectivity index (χ0v) is 19.4. The van der Waals surface area contributed by atoms with Crippen molar-refractivity contribution in [3.05, 3.63) is 46.4 Å². The molecular weight excluding hydrogens is 412 g/mol. The van der Waals surface area contributed by atoms with Crippen molar-refractivity contribution in [3.8, 4) is 0 Å². The van der Waals surface area contributed by atoms with Crippen LogP contribution in [-0.4, -0.2) is 46.2 Å². The lowest BCUT2D eigenvalue weighted by molar-refractivity contribution is 0.0285. The number of benzene rings is 1. The summed E-state index contributed by atoms with van der Waals surface area (Å²) in [6.45, 7) is 10.0. The maximum Gasteiger partial charge on any atom is 0.410 e. The Morgan fingerprint density at radius 1 is 1.26 bits per heavy atom. The quantitative estimate of drug-likeness (QED) is 0.609. The van der Waals surface area contributed by atoms with Crippen molar-refractivity contribution in [2.24, 2.45) is 0 Å². The van der Waals surface area contributed by atoms with Gasteiger partial charge in [-0.15, -0.1) is 0 Å². The second kappa shape index (κ2) is 7.09. The number of likely N-dealkylation sites (tertiary alicyclic amines) is 1. The van der Waals surface area contributed by atoms with Gasteiger partial charge in [0.1, 0.15) is 17.7 Å². The molecule has 3 heterocycles. The van der Waals surface area contributed by atoms with Gasteiger partial charge in [-0.1, -0.05) is 18.5 Å². The van der Waals surface area contributed by atoms with Gasteiger partial charge in [0.25, 0.3) is 0 Å². The fraction of sp³-hybridized carbons (Fsp3) is 0.542. The zero-order chi connectivity index (χ0) is 22.0. The molecule has 164 valence electrons. The molecule has 1 aliphatic carbocycles. The molecule has 2 aliphatic heterocycles. The number of rotatable bonds is 1. The Bertz CT molecular complexity index is 1050. The first kappa shape index (κ1) is 20.6. The Hall–Kier alpha value is -2.34. The Kier molecular flexibility index (Phi) is 4.70. The van der Waals surface area contributed by atoms with Gasteiger partial charge in [-0.05, 0) is 69.7 Å². The van der Waals surface area contributed by atoms with Crippen LogP contribution < -0.4 is 4.90 Å². The summed E-state index contributed by atoms with van der Waals surface area (Å²) in [6, 6.07) is 6.11. The molecule has 1 spiro atoms. The van der Waals surface area contributed by atoms with Crippen LogP contribution in [0.2, 0.25) is 5.02 Å². The Balaban J connectivity index is 1.52. The SMILES string of the molecule is C[C@@H]1CCc2ncnc(N3CC4(CCN(C(=O)OC(C)(C)C)C4)c4cc(Cl)ccc43)c21. The third kappa shape index (κ3) is 3.45. The topological polar surface area (TPSA) is 58.6 Å². The Labute approximate surface area is 188 Å². The van der Waals surface area contributed by atoms with E-state index in [0.717, 1.165) is 48.0 Å². The van der Waals surface area contributed by atoms with Crippen LogP contribution in [0.1, 0.15) is 63.3 Å². The molecule has 6 nitrogen and oxygen atoms in total. The molecule has 7 heteroatoms. The summed E-state index contributed by atoms with van der Waals surface area (Å²) >= 11 is 6.43. The number of anilines is 2. The molecule has 3 aliphatic rings. The molecule has 0 bridgehead atoms. The number of halogens is 1. The van der Waals surface area contributed by atoms with Gasteiger partial charge < -0.3 is 14.5 Å². The molecule has 1 saturated heterocycles. The number of hydrogen-bond acceptors (Lipinski definition) is 5. The van der Waals surface area contributed by atoms with Crippen LogP contribution in [0.25, 0.3) is 0 Å². The molecule has 1 aromatic carbocycles. The monoisotopic (exact) mass is 440 g/mol. The van der Waals surface area contributed by atoms with E-state index in [1.807, 2.05) is 31.7 Å². The van der Waals surface area contributed by atoms with Crippen molar-refractivity contribution < 1.29 is 9.53 Å². The summed E-state index contributed by atoms with van der Waals surface area (Å²) in [4.78, 5) is 26.2. The number of hydrogen-bond donors (Lipinski definition) is 0. The lowest BCUT2D eigenvalue weighted by Crippen LogP contribution is -2.39. The summed E-state index contributed by atoms with van der Waals surface area (Å²) in [5.74, 6) is 1.45. The zero-order valence-electron chi connectivity index (χ0n) is 18.6. The minimum atomic E-state index is -0.507. The second-order valence-electron chi connectivity index (χ2n) is 10.2. The number of ether oxygens (including phenoxy) is 1. The third-order valence-corrected chi connectivity index (χ3v) is 7.03. The van der Waals surface area contributed by atoms with Crippen LogP contribution in [0, 0.1) is 0 Å². The first-order valence-corrected chi connectivity index (χ1v) is 11.4. The van der Waals surface area contributed by atoms with Gasteiger partial charge in [-0.25, -0.2) is 14.8 Å². The van der Waals surface area contributed by atoms with Crippen LogP contribution in [0.15, 0.2) is 24.5 Å². The molecular formula is C24H29ClN4O2. The average molecular weight is 441 g/mol. The normalized spacial score (nSPS) is 24.6. The largest absolute Gasteiger partial charge is 0.444 e. The van der Waals surface area contributed by atoms with Gasteiger partial charge in [0, 0.05) is 47.0 Å². The van der Waals surface area contributed by atoms with Crippen molar-refractivity contribution in [2.75, 3.05) is 24.5 Å². The van der Waals surface area contributed by atoms with E-state index in [4.69, 9.17) is 21.3 Å². The summed E-state index contributed by atoms with van der Waals surface area (Å²) < 4.78 is 5.65. The molecule has 1 unspecified atom stereocenters. The number of nitrogens with zero attached hydrogens (tertiary/aromatic N) is 4. The molecule has 0 N–H and O–H groups in total.